The van der Waals surface area contributed by atoms with E-state index in [0.29, 0.717) is 35.8 Å². The van der Waals surface area contributed by atoms with E-state index in [-0.39, 0.29) is 16.4 Å². The first kappa shape index (κ1) is 19.0. The average molecular weight is 390 g/mol. The lowest BCUT2D eigenvalue weighted by Gasteiger charge is -2.22. The van der Waals surface area contributed by atoms with Crippen molar-refractivity contribution in [2.45, 2.75) is 26.3 Å². The first-order chi connectivity index (χ1) is 12.9. The van der Waals surface area contributed by atoms with Crippen molar-refractivity contribution in [3.63, 3.8) is 0 Å². The molecule has 1 amide bonds. The molecular weight excluding hydrogens is 370 g/mol. The van der Waals surface area contributed by atoms with Crippen LogP contribution in [-0.4, -0.2) is 35.4 Å². The standard InChI is InChI=1S/C20H20ClNO5/c1-4-9-22-17(15-7-5-11(2)27-15)16(19(24)20(22)25)18(23)12-6-8-14(26-3)13(21)10-12/h5-8,10,17,23H,4,9H2,1-3H3/b18-16-. The maximum atomic E-state index is 12.7. The molecule has 1 aromatic carbocycles. The molecule has 1 N–H and O–H groups in total. The number of hydrogen-bond donors (Lipinski definition) is 1. The summed E-state index contributed by atoms with van der Waals surface area (Å²) >= 11 is 6.14. The van der Waals surface area contributed by atoms with Gasteiger partial charge in [0.1, 0.15) is 29.1 Å². The van der Waals surface area contributed by atoms with Crippen molar-refractivity contribution in [1.29, 1.82) is 0 Å². The van der Waals surface area contributed by atoms with Gasteiger partial charge >= 0.3 is 0 Å². The van der Waals surface area contributed by atoms with Gasteiger partial charge in [-0.1, -0.05) is 18.5 Å². The molecule has 1 atom stereocenters. The monoisotopic (exact) mass is 389 g/mol. The zero-order valence-corrected chi connectivity index (χ0v) is 16.0. The molecule has 0 radical (unpaired) electrons. The zero-order valence-electron chi connectivity index (χ0n) is 15.3. The van der Waals surface area contributed by atoms with Crippen LogP contribution in [0.3, 0.4) is 0 Å². The molecule has 1 saturated heterocycles. The van der Waals surface area contributed by atoms with Crippen LogP contribution in [-0.2, 0) is 9.59 Å². The first-order valence-corrected chi connectivity index (χ1v) is 8.95. The molecule has 1 aromatic heterocycles. The number of carbonyl (C=O) groups excluding carboxylic acids is 2. The van der Waals surface area contributed by atoms with Gasteiger partial charge in [-0.3, -0.25) is 9.59 Å². The quantitative estimate of drug-likeness (QED) is 0.473. The number of methoxy groups -OCH3 is 1. The van der Waals surface area contributed by atoms with E-state index >= 15 is 0 Å². The lowest BCUT2D eigenvalue weighted by atomic mass is 9.99. The maximum absolute atomic E-state index is 12.7. The number of amides is 1. The fourth-order valence-corrected chi connectivity index (χ4v) is 3.47. The van der Waals surface area contributed by atoms with Crippen molar-refractivity contribution >= 4 is 29.1 Å². The topological polar surface area (TPSA) is 80.0 Å². The Morgan fingerprint density at radius 2 is 2.04 bits per heavy atom. The highest BCUT2D eigenvalue weighted by atomic mass is 35.5. The van der Waals surface area contributed by atoms with Crippen LogP contribution < -0.4 is 4.74 Å². The fraction of sp³-hybridized carbons (Fsp3) is 0.300. The number of aliphatic hydroxyl groups is 1. The van der Waals surface area contributed by atoms with Crippen LogP contribution in [0.5, 0.6) is 5.75 Å². The molecule has 1 unspecified atom stereocenters. The summed E-state index contributed by atoms with van der Waals surface area (Å²) < 4.78 is 10.8. The normalized spacial score (nSPS) is 19.0. The number of furan rings is 1. The number of carbonyl (C=O) groups is 2. The lowest BCUT2D eigenvalue weighted by molar-refractivity contribution is -0.140. The molecule has 3 rings (SSSR count). The van der Waals surface area contributed by atoms with Gasteiger partial charge in [-0.05, 0) is 43.7 Å². The minimum Gasteiger partial charge on any atom is -0.507 e. The molecule has 0 spiro atoms. The predicted octanol–water partition coefficient (Wildman–Crippen LogP) is 4.08. The number of nitrogens with zero attached hydrogens (tertiary/aromatic N) is 1. The van der Waals surface area contributed by atoms with Crippen molar-refractivity contribution in [3.05, 3.63) is 58.0 Å². The Labute approximate surface area is 162 Å². The average Bonchev–Trinajstić information content (AvgIpc) is 3.17. The van der Waals surface area contributed by atoms with Gasteiger partial charge in [0, 0.05) is 12.1 Å². The van der Waals surface area contributed by atoms with Gasteiger partial charge in [0.05, 0.1) is 17.7 Å². The molecule has 7 heteroatoms. The highest BCUT2D eigenvalue weighted by molar-refractivity contribution is 6.46. The van der Waals surface area contributed by atoms with Crippen LogP contribution >= 0.6 is 11.6 Å². The van der Waals surface area contributed by atoms with E-state index < -0.39 is 17.7 Å². The number of Topliss-reactive ketones (excluding diaryl/α,β-unsaturated/α-hetero) is 1. The molecule has 1 fully saturated rings. The molecule has 0 aliphatic carbocycles. The second-order valence-corrected chi connectivity index (χ2v) is 6.70. The Hall–Kier alpha value is -2.73. The highest BCUT2D eigenvalue weighted by Crippen LogP contribution is 2.40. The summed E-state index contributed by atoms with van der Waals surface area (Å²) in [5, 5.41) is 11.1. The lowest BCUT2D eigenvalue weighted by Crippen LogP contribution is -2.30. The van der Waals surface area contributed by atoms with Crippen LogP contribution in [0.4, 0.5) is 0 Å². The van der Waals surface area contributed by atoms with Gasteiger partial charge in [0.2, 0.25) is 0 Å². The largest absolute Gasteiger partial charge is 0.507 e. The number of aliphatic hydroxyl groups excluding tert-OH is 1. The van der Waals surface area contributed by atoms with Crippen molar-refractivity contribution < 1.29 is 23.8 Å². The van der Waals surface area contributed by atoms with E-state index in [1.165, 1.54) is 18.1 Å². The fourth-order valence-electron chi connectivity index (χ4n) is 3.22. The molecule has 142 valence electrons. The minimum atomic E-state index is -0.778. The van der Waals surface area contributed by atoms with Crippen LogP contribution in [0.1, 0.15) is 36.5 Å². The third-order valence-corrected chi connectivity index (χ3v) is 4.76. The van der Waals surface area contributed by atoms with E-state index in [0.717, 1.165) is 0 Å². The SMILES string of the molecule is CCCN1C(=O)C(=O)/C(=C(\O)c2ccc(OC)c(Cl)c2)C1c1ccc(C)o1. The Kier molecular flexibility index (Phi) is 5.28. The van der Waals surface area contributed by atoms with E-state index in [1.807, 2.05) is 6.92 Å². The molecular formula is C20H20ClNO5. The van der Waals surface area contributed by atoms with Crippen molar-refractivity contribution in [2.24, 2.45) is 0 Å². The number of benzene rings is 1. The Morgan fingerprint density at radius 1 is 1.30 bits per heavy atom. The summed E-state index contributed by atoms with van der Waals surface area (Å²) in [5.74, 6) is -0.168. The van der Waals surface area contributed by atoms with Gasteiger partial charge in [0.15, 0.2) is 0 Å². The second-order valence-electron chi connectivity index (χ2n) is 6.29. The number of likely N-dealkylation sites (tertiary alicyclic amines) is 1. The number of halogens is 1. The number of ketones is 1. The summed E-state index contributed by atoms with van der Waals surface area (Å²) in [6, 6.07) is 7.35. The molecule has 1 aliphatic rings. The summed E-state index contributed by atoms with van der Waals surface area (Å²) in [4.78, 5) is 26.7. The third kappa shape index (κ3) is 3.32. The summed E-state index contributed by atoms with van der Waals surface area (Å²) in [5.41, 5.74) is 0.313. The number of rotatable bonds is 5. The van der Waals surface area contributed by atoms with Crippen LogP contribution in [0.25, 0.3) is 5.76 Å². The van der Waals surface area contributed by atoms with Crippen LogP contribution in [0.15, 0.2) is 40.3 Å². The molecule has 2 heterocycles. The summed E-state index contributed by atoms with van der Waals surface area (Å²) in [6.07, 6.45) is 0.664. The molecule has 0 bridgehead atoms. The first-order valence-electron chi connectivity index (χ1n) is 8.57. The molecule has 1 aliphatic heterocycles. The molecule has 27 heavy (non-hydrogen) atoms. The van der Waals surface area contributed by atoms with Gasteiger partial charge in [-0.15, -0.1) is 0 Å². The summed E-state index contributed by atoms with van der Waals surface area (Å²) in [7, 11) is 1.48. The third-order valence-electron chi connectivity index (χ3n) is 4.46. The molecule has 6 nitrogen and oxygen atoms in total. The second kappa shape index (κ2) is 7.48. The number of aryl methyl sites for hydroxylation is 1. The Morgan fingerprint density at radius 3 is 2.59 bits per heavy atom. The number of hydrogen-bond acceptors (Lipinski definition) is 5. The van der Waals surface area contributed by atoms with E-state index in [9.17, 15) is 14.7 Å². The van der Waals surface area contributed by atoms with Gasteiger partial charge in [-0.2, -0.15) is 0 Å². The van der Waals surface area contributed by atoms with E-state index in [4.69, 9.17) is 20.8 Å². The van der Waals surface area contributed by atoms with Crippen molar-refractivity contribution in [2.75, 3.05) is 13.7 Å². The van der Waals surface area contributed by atoms with Crippen molar-refractivity contribution in [1.82, 2.24) is 4.90 Å². The van der Waals surface area contributed by atoms with E-state index in [1.54, 1.807) is 31.2 Å². The van der Waals surface area contributed by atoms with Crippen LogP contribution in [0, 0.1) is 6.92 Å². The van der Waals surface area contributed by atoms with Gasteiger partial charge < -0.3 is 19.2 Å². The highest BCUT2D eigenvalue weighted by Gasteiger charge is 2.47. The summed E-state index contributed by atoms with van der Waals surface area (Å²) in [6.45, 7) is 4.06. The minimum absolute atomic E-state index is 0.0102. The van der Waals surface area contributed by atoms with E-state index in [2.05, 4.69) is 0 Å². The van der Waals surface area contributed by atoms with Gasteiger partial charge in [-0.25, -0.2) is 0 Å². The smallest absolute Gasteiger partial charge is 0.295 e. The van der Waals surface area contributed by atoms with Gasteiger partial charge in [0.25, 0.3) is 11.7 Å². The Balaban J connectivity index is 2.17. The molecule has 2 aromatic rings. The predicted molar refractivity (Wildman–Crippen MR) is 101 cm³/mol. The molecule has 0 saturated carbocycles. The zero-order chi connectivity index (χ0) is 19.7. The van der Waals surface area contributed by atoms with Crippen LogP contribution in [0.2, 0.25) is 5.02 Å². The maximum Gasteiger partial charge on any atom is 0.295 e. The Bertz CT molecular complexity index is 930. The van der Waals surface area contributed by atoms with Crippen molar-refractivity contribution in [3.8, 4) is 5.75 Å². The number of ether oxygens (including phenoxy) is 1.